The second-order valence-electron chi connectivity index (χ2n) is 5.81. The summed E-state index contributed by atoms with van der Waals surface area (Å²) in [5.41, 5.74) is 4.57. The maximum atomic E-state index is 9.57. The molecule has 0 aliphatic carbocycles. The fourth-order valence-electron chi connectivity index (χ4n) is 2.86. The van der Waals surface area contributed by atoms with E-state index in [4.69, 9.17) is 9.47 Å². The van der Waals surface area contributed by atoms with Crippen molar-refractivity contribution in [2.45, 2.75) is 32.3 Å². The standard InChI is InChI=1S/C20H26O3/c1-4-16(12-17-6-5-7-18(21)13-17)8-9-20-19(10-11-23-20)15(2)14-22-3/h5-7,10,12-13,20-21H,2,4,8-9,11,14H2,1,3H3/b16-12+. The lowest BCUT2D eigenvalue weighted by atomic mass is 9.96. The number of hydrogen-bond donors (Lipinski definition) is 1. The fourth-order valence-corrected chi connectivity index (χ4v) is 2.86. The first-order valence-corrected chi connectivity index (χ1v) is 8.11. The number of rotatable bonds is 8. The van der Waals surface area contributed by atoms with E-state index >= 15 is 0 Å². The van der Waals surface area contributed by atoms with Crippen LogP contribution in [-0.4, -0.2) is 31.5 Å². The zero-order chi connectivity index (χ0) is 16.7. The molecule has 0 radical (unpaired) electrons. The van der Waals surface area contributed by atoms with Crippen molar-refractivity contribution in [3.05, 3.63) is 59.2 Å². The number of aromatic hydroxyl groups is 1. The lowest BCUT2D eigenvalue weighted by Crippen LogP contribution is -2.13. The first kappa shape index (κ1) is 17.5. The van der Waals surface area contributed by atoms with E-state index < -0.39 is 0 Å². The van der Waals surface area contributed by atoms with E-state index in [0.29, 0.717) is 19.0 Å². The number of phenols is 1. The molecule has 0 spiro atoms. The molecule has 2 rings (SSSR count). The first-order valence-electron chi connectivity index (χ1n) is 8.11. The average Bonchev–Trinajstić information content (AvgIpc) is 3.00. The molecule has 0 fully saturated rings. The second-order valence-corrected chi connectivity index (χ2v) is 5.81. The van der Waals surface area contributed by atoms with Crippen LogP contribution in [0.5, 0.6) is 5.75 Å². The molecular formula is C20H26O3. The molecule has 1 heterocycles. The van der Waals surface area contributed by atoms with Crippen LogP contribution in [0.25, 0.3) is 6.08 Å². The molecule has 3 heteroatoms. The predicted molar refractivity (Wildman–Crippen MR) is 94.4 cm³/mol. The zero-order valence-corrected chi connectivity index (χ0v) is 14.0. The summed E-state index contributed by atoms with van der Waals surface area (Å²) in [4.78, 5) is 0. The Morgan fingerprint density at radius 2 is 2.30 bits per heavy atom. The van der Waals surface area contributed by atoms with Crippen molar-refractivity contribution in [2.75, 3.05) is 20.3 Å². The van der Waals surface area contributed by atoms with Crippen molar-refractivity contribution in [1.29, 1.82) is 0 Å². The Labute approximate surface area is 138 Å². The van der Waals surface area contributed by atoms with Crippen molar-refractivity contribution in [1.82, 2.24) is 0 Å². The number of hydrogen-bond acceptors (Lipinski definition) is 3. The number of methoxy groups -OCH3 is 1. The van der Waals surface area contributed by atoms with Crippen molar-refractivity contribution < 1.29 is 14.6 Å². The topological polar surface area (TPSA) is 38.7 Å². The Morgan fingerprint density at radius 3 is 3.00 bits per heavy atom. The Morgan fingerprint density at radius 1 is 1.48 bits per heavy atom. The van der Waals surface area contributed by atoms with E-state index in [1.165, 1.54) is 11.1 Å². The van der Waals surface area contributed by atoms with Gasteiger partial charge in [0.2, 0.25) is 0 Å². The quantitative estimate of drug-likeness (QED) is 0.768. The highest BCUT2D eigenvalue weighted by atomic mass is 16.5. The van der Waals surface area contributed by atoms with Gasteiger partial charge in [-0.15, -0.1) is 0 Å². The zero-order valence-electron chi connectivity index (χ0n) is 14.0. The molecule has 0 saturated heterocycles. The highest BCUT2D eigenvalue weighted by Crippen LogP contribution is 2.27. The summed E-state index contributed by atoms with van der Waals surface area (Å²) in [7, 11) is 1.68. The molecule has 0 saturated carbocycles. The van der Waals surface area contributed by atoms with Crippen LogP contribution in [0.1, 0.15) is 31.7 Å². The molecule has 3 nitrogen and oxygen atoms in total. The van der Waals surface area contributed by atoms with Crippen molar-refractivity contribution >= 4 is 6.08 Å². The summed E-state index contributed by atoms with van der Waals surface area (Å²) in [5, 5.41) is 9.57. The molecule has 1 aromatic rings. The summed E-state index contributed by atoms with van der Waals surface area (Å²) in [6.45, 7) is 7.44. The molecule has 1 unspecified atom stereocenters. The van der Waals surface area contributed by atoms with Gasteiger partial charge in [-0.2, -0.15) is 0 Å². The van der Waals surface area contributed by atoms with E-state index in [0.717, 1.165) is 30.4 Å². The molecule has 124 valence electrons. The third kappa shape index (κ3) is 5.08. The van der Waals surface area contributed by atoms with Crippen LogP contribution in [-0.2, 0) is 9.47 Å². The molecular weight excluding hydrogens is 288 g/mol. The minimum absolute atomic E-state index is 0.108. The van der Waals surface area contributed by atoms with Crippen molar-refractivity contribution in [2.24, 2.45) is 0 Å². The number of ether oxygens (including phenoxy) is 2. The molecule has 0 bridgehead atoms. The number of allylic oxidation sites excluding steroid dienone is 1. The lowest BCUT2D eigenvalue weighted by Gasteiger charge is -2.17. The normalized spacial score (nSPS) is 18.1. The highest BCUT2D eigenvalue weighted by Gasteiger charge is 2.21. The summed E-state index contributed by atoms with van der Waals surface area (Å²) in [6, 6.07) is 7.35. The monoisotopic (exact) mass is 314 g/mol. The third-order valence-electron chi connectivity index (χ3n) is 4.10. The van der Waals surface area contributed by atoms with E-state index in [2.05, 4.69) is 25.7 Å². The molecule has 0 aromatic heterocycles. The van der Waals surface area contributed by atoms with E-state index in [1.807, 2.05) is 12.1 Å². The van der Waals surface area contributed by atoms with Crippen molar-refractivity contribution in [3.8, 4) is 5.75 Å². The summed E-state index contributed by atoms with van der Waals surface area (Å²) < 4.78 is 11.0. The molecule has 1 aliphatic rings. The van der Waals surface area contributed by atoms with Gasteiger partial charge in [-0.1, -0.05) is 43.4 Å². The van der Waals surface area contributed by atoms with Gasteiger partial charge in [0.15, 0.2) is 0 Å². The van der Waals surface area contributed by atoms with Gasteiger partial charge in [0.05, 0.1) is 19.3 Å². The Hall–Kier alpha value is -1.84. The molecule has 1 N–H and O–H groups in total. The summed E-state index contributed by atoms with van der Waals surface area (Å²) in [5.74, 6) is 0.300. The largest absolute Gasteiger partial charge is 0.508 e. The van der Waals surface area contributed by atoms with Crippen molar-refractivity contribution in [3.63, 3.8) is 0 Å². The van der Waals surface area contributed by atoms with Crippen LogP contribution in [0.4, 0.5) is 0 Å². The fraction of sp³-hybridized carbons (Fsp3) is 0.400. The summed E-state index contributed by atoms with van der Waals surface area (Å²) in [6.07, 6.45) is 7.26. The molecule has 23 heavy (non-hydrogen) atoms. The Bertz CT molecular complexity index is 599. The smallest absolute Gasteiger partial charge is 0.116 e. The number of phenolic OH excluding ortho intramolecular Hbond substituents is 1. The van der Waals surface area contributed by atoms with E-state index in [1.54, 1.807) is 19.2 Å². The Kier molecular flexibility index (Phi) is 6.63. The predicted octanol–water partition coefficient (Wildman–Crippen LogP) is 4.49. The van der Waals surface area contributed by atoms with Crippen LogP contribution in [0.3, 0.4) is 0 Å². The maximum absolute atomic E-state index is 9.57. The summed E-state index contributed by atoms with van der Waals surface area (Å²) >= 11 is 0. The molecule has 1 aromatic carbocycles. The lowest BCUT2D eigenvalue weighted by molar-refractivity contribution is 0.115. The van der Waals surface area contributed by atoms with E-state index in [9.17, 15) is 5.11 Å². The molecule has 1 aliphatic heterocycles. The van der Waals surface area contributed by atoms with Crippen LogP contribution in [0.15, 0.2) is 53.6 Å². The van der Waals surface area contributed by atoms with E-state index in [-0.39, 0.29) is 6.10 Å². The van der Waals surface area contributed by atoms with Crippen LogP contribution < -0.4 is 0 Å². The maximum Gasteiger partial charge on any atom is 0.116 e. The molecule has 0 amide bonds. The second kappa shape index (κ2) is 8.70. The third-order valence-corrected chi connectivity index (χ3v) is 4.10. The minimum Gasteiger partial charge on any atom is -0.508 e. The van der Waals surface area contributed by atoms with Gasteiger partial charge in [0, 0.05) is 7.11 Å². The SMILES string of the molecule is C=C(COC)C1=CCOC1CC/C(=C/c1cccc(O)c1)CC. The van der Waals surface area contributed by atoms with Gasteiger partial charge in [0.25, 0.3) is 0 Å². The van der Waals surface area contributed by atoms with Gasteiger partial charge in [-0.05, 0) is 48.1 Å². The van der Waals surface area contributed by atoms with Gasteiger partial charge in [-0.25, -0.2) is 0 Å². The van der Waals surface area contributed by atoms with Crippen LogP contribution in [0.2, 0.25) is 0 Å². The van der Waals surface area contributed by atoms with Crippen LogP contribution in [0, 0.1) is 0 Å². The highest BCUT2D eigenvalue weighted by molar-refractivity contribution is 5.54. The van der Waals surface area contributed by atoms with Gasteiger partial charge in [0.1, 0.15) is 5.75 Å². The molecule has 1 atom stereocenters. The first-order chi connectivity index (χ1) is 11.1. The van der Waals surface area contributed by atoms with Gasteiger partial charge >= 0.3 is 0 Å². The van der Waals surface area contributed by atoms with Crippen LogP contribution >= 0.6 is 0 Å². The minimum atomic E-state index is 0.108. The van der Waals surface area contributed by atoms with Gasteiger partial charge in [-0.3, -0.25) is 0 Å². The Balaban J connectivity index is 1.98. The number of benzene rings is 1. The van der Waals surface area contributed by atoms with Gasteiger partial charge < -0.3 is 14.6 Å². The average molecular weight is 314 g/mol.